The van der Waals surface area contributed by atoms with E-state index in [0.29, 0.717) is 10.6 Å². The SMILES string of the molecule is N#Cc1c(NC(=O)c2ccn(COc3cc(F)ccc3[N+](=O)[O-])n2)sc2c1CCCC2. The number of nitrogens with zero attached hydrogens (tertiary/aromatic N) is 4. The molecule has 0 saturated carbocycles. The van der Waals surface area contributed by atoms with E-state index in [1.165, 1.54) is 28.3 Å². The van der Waals surface area contributed by atoms with Crippen molar-refractivity contribution in [3.63, 3.8) is 0 Å². The van der Waals surface area contributed by atoms with E-state index in [1.807, 2.05) is 0 Å². The van der Waals surface area contributed by atoms with Gasteiger partial charge in [-0.05, 0) is 43.4 Å². The fraction of sp³-hybridized carbons (Fsp3) is 0.250. The van der Waals surface area contributed by atoms with Crippen molar-refractivity contribution in [1.82, 2.24) is 9.78 Å². The van der Waals surface area contributed by atoms with Crippen LogP contribution in [0.4, 0.5) is 15.1 Å². The molecular formula is C20H16FN5O4S. The molecule has 4 rings (SSSR count). The van der Waals surface area contributed by atoms with Crippen LogP contribution < -0.4 is 10.1 Å². The third-order valence-corrected chi connectivity index (χ3v) is 6.06. The average Bonchev–Trinajstić information content (AvgIpc) is 3.36. The predicted octanol–water partition coefficient (Wildman–Crippen LogP) is 4.03. The number of carbonyl (C=O) groups is 1. The number of amides is 1. The highest BCUT2D eigenvalue weighted by Gasteiger charge is 2.23. The van der Waals surface area contributed by atoms with Crippen LogP contribution in [0, 0.1) is 27.3 Å². The summed E-state index contributed by atoms with van der Waals surface area (Å²) in [6.45, 7) is -0.256. The molecule has 3 aromatic rings. The van der Waals surface area contributed by atoms with Gasteiger partial charge < -0.3 is 10.1 Å². The molecule has 31 heavy (non-hydrogen) atoms. The first-order chi connectivity index (χ1) is 15.0. The minimum absolute atomic E-state index is 0.0904. The van der Waals surface area contributed by atoms with Gasteiger partial charge in [0.05, 0.1) is 10.5 Å². The Bertz CT molecular complexity index is 1210. The molecule has 0 aliphatic heterocycles. The Balaban J connectivity index is 1.46. The number of nitrogens with one attached hydrogen (secondary N) is 1. The van der Waals surface area contributed by atoms with Gasteiger partial charge in [-0.15, -0.1) is 11.3 Å². The number of hydrogen-bond donors (Lipinski definition) is 1. The Morgan fingerprint density at radius 1 is 1.39 bits per heavy atom. The Morgan fingerprint density at radius 3 is 2.97 bits per heavy atom. The van der Waals surface area contributed by atoms with Crippen LogP contribution in [0.2, 0.25) is 0 Å². The number of benzene rings is 1. The minimum Gasteiger partial charge on any atom is -0.464 e. The summed E-state index contributed by atoms with van der Waals surface area (Å²) in [4.78, 5) is 24.1. The maximum atomic E-state index is 13.4. The summed E-state index contributed by atoms with van der Waals surface area (Å²) >= 11 is 1.42. The van der Waals surface area contributed by atoms with Gasteiger partial charge in [0.2, 0.25) is 5.75 Å². The van der Waals surface area contributed by atoms with Gasteiger partial charge in [0, 0.05) is 23.2 Å². The van der Waals surface area contributed by atoms with Crippen LogP contribution in [0.1, 0.15) is 39.3 Å². The Labute approximate surface area is 179 Å². The molecule has 1 aromatic carbocycles. The van der Waals surface area contributed by atoms with E-state index in [2.05, 4.69) is 16.5 Å². The quantitative estimate of drug-likeness (QED) is 0.455. The number of nitro groups is 1. The van der Waals surface area contributed by atoms with Gasteiger partial charge in [0.1, 0.15) is 16.9 Å². The van der Waals surface area contributed by atoms with Gasteiger partial charge in [0.25, 0.3) is 5.91 Å². The number of anilines is 1. The number of carbonyl (C=O) groups excluding carboxylic acids is 1. The zero-order valence-corrected chi connectivity index (χ0v) is 16.9. The van der Waals surface area contributed by atoms with E-state index in [-0.39, 0.29) is 23.9 Å². The van der Waals surface area contributed by atoms with E-state index in [0.717, 1.165) is 54.3 Å². The van der Waals surface area contributed by atoms with Crippen molar-refractivity contribution in [3.8, 4) is 11.8 Å². The molecule has 2 aromatic heterocycles. The fourth-order valence-electron chi connectivity index (χ4n) is 3.38. The first-order valence-corrected chi connectivity index (χ1v) is 10.2. The smallest absolute Gasteiger partial charge is 0.311 e. The van der Waals surface area contributed by atoms with Crippen molar-refractivity contribution >= 4 is 27.9 Å². The van der Waals surface area contributed by atoms with Crippen LogP contribution in [0.15, 0.2) is 30.5 Å². The number of halogens is 1. The first kappa shape index (κ1) is 20.5. The minimum atomic E-state index is -0.676. The van der Waals surface area contributed by atoms with Crippen LogP contribution >= 0.6 is 11.3 Å². The molecule has 0 bridgehead atoms. The molecule has 2 heterocycles. The van der Waals surface area contributed by atoms with Crippen LogP contribution in [0.3, 0.4) is 0 Å². The molecule has 0 radical (unpaired) electrons. The molecule has 9 nitrogen and oxygen atoms in total. The van der Waals surface area contributed by atoms with Gasteiger partial charge in [-0.3, -0.25) is 14.9 Å². The molecule has 0 fully saturated rings. The molecule has 0 saturated heterocycles. The number of nitro benzene ring substituents is 1. The molecule has 1 aliphatic carbocycles. The second-order valence-electron chi connectivity index (χ2n) is 6.86. The number of hydrogen-bond acceptors (Lipinski definition) is 7. The van der Waals surface area contributed by atoms with Crippen molar-refractivity contribution < 1.29 is 18.8 Å². The molecule has 1 N–H and O–H groups in total. The molecule has 0 atom stereocenters. The topological polar surface area (TPSA) is 123 Å². The normalized spacial score (nSPS) is 12.6. The van der Waals surface area contributed by atoms with Crippen LogP contribution in [-0.2, 0) is 19.6 Å². The number of aromatic nitrogens is 2. The standard InChI is InChI=1S/C20H16FN5O4S/c21-12-5-6-16(26(28)29)17(9-12)30-11-25-8-7-15(24-25)19(27)23-20-14(10-22)13-3-1-2-4-18(13)31-20/h5-9H,1-4,11H2,(H,23,27). The summed E-state index contributed by atoms with van der Waals surface area (Å²) < 4.78 is 20.0. The highest BCUT2D eigenvalue weighted by Crippen LogP contribution is 2.37. The highest BCUT2D eigenvalue weighted by molar-refractivity contribution is 7.16. The molecule has 0 unspecified atom stereocenters. The number of ether oxygens (including phenoxy) is 1. The zero-order chi connectivity index (χ0) is 22.0. The number of aryl methyl sites for hydroxylation is 1. The Kier molecular flexibility index (Phi) is 5.64. The number of rotatable bonds is 6. The van der Waals surface area contributed by atoms with Crippen LogP contribution in [0.25, 0.3) is 0 Å². The van der Waals surface area contributed by atoms with E-state index >= 15 is 0 Å². The third kappa shape index (κ3) is 4.24. The Hall–Kier alpha value is -3.78. The average molecular weight is 441 g/mol. The number of fused-ring (bicyclic) bond motifs is 1. The first-order valence-electron chi connectivity index (χ1n) is 9.42. The maximum absolute atomic E-state index is 13.4. The lowest BCUT2D eigenvalue weighted by Gasteiger charge is -2.09. The molecule has 1 amide bonds. The summed E-state index contributed by atoms with van der Waals surface area (Å²) in [5.74, 6) is -1.40. The van der Waals surface area contributed by atoms with Crippen molar-refractivity contribution in [2.75, 3.05) is 5.32 Å². The van der Waals surface area contributed by atoms with Gasteiger partial charge in [0.15, 0.2) is 12.4 Å². The second-order valence-corrected chi connectivity index (χ2v) is 7.97. The highest BCUT2D eigenvalue weighted by atomic mass is 32.1. The number of nitriles is 1. The van der Waals surface area contributed by atoms with Crippen molar-refractivity contribution in [2.45, 2.75) is 32.4 Å². The summed E-state index contributed by atoms with van der Waals surface area (Å²) in [5, 5.41) is 27.9. The number of thiophene rings is 1. The summed E-state index contributed by atoms with van der Waals surface area (Å²) in [6, 6.07) is 6.54. The van der Waals surface area contributed by atoms with Gasteiger partial charge >= 0.3 is 5.69 Å². The lowest BCUT2D eigenvalue weighted by atomic mass is 9.96. The van der Waals surface area contributed by atoms with Crippen LogP contribution in [-0.4, -0.2) is 20.6 Å². The second kappa shape index (κ2) is 8.53. The Morgan fingerprint density at radius 2 is 2.19 bits per heavy atom. The van der Waals surface area contributed by atoms with Gasteiger partial charge in [-0.25, -0.2) is 9.07 Å². The van der Waals surface area contributed by atoms with Crippen molar-refractivity contribution in [3.05, 3.63) is 68.1 Å². The van der Waals surface area contributed by atoms with Crippen molar-refractivity contribution in [1.29, 1.82) is 5.26 Å². The van der Waals surface area contributed by atoms with Gasteiger partial charge in [-0.2, -0.15) is 10.4 Å². The summed E-state index contributed by atoms with van der Waals surface area (Å²) in [7, 11) is 0. The monoisotopic (exact) mass is 441 g/mol. The van der Waals surface area contributed by atoms with E-state index in [9.17, 15) is 24.6 Å². The van der Waals surface area contributed by atoms with E-state index in [4.69, 9.17) is 4.74 Å². The zero-order valence-electron chi connectivity index (χ0n) is 16.1. The summed E-state index contributed by atoms with van der Waals surface area (Å²) in [6.07, 6.45) is 5.30. The predicted molar refractivity (Wildman–Crippen MR) is 110 cm³/mol. The van der Waals surface area contributed by atoms with E-state index in [1.54, 1.807) is 0 Å². The maximum Gasteiger partial charge on any atom is 0.311 e. The molecule has 11 heteroatoms. The molecule has 158 valence electrons. The summed E-state index contributed by atoms with van der Waals surface area (Å²) in [5.41, 5.74) is 1.24. The lowest BCUT2D eigenvalue weighted by Crippen LogP contribution is -2.14. The molecular weight excluding hydrogens is 425 g/mol. The fourth-order valence-corrected chi connectivity index (χ4v) is 4.62. The van der Waals surface area contributed by atoms with Crippen LogP contribution in [0.5, 0.6) is 5.75 Å². The lowest BCUT2D eigenvalue weighted by molar-refractivity contribution is -0.386. The largest absolute Gasteiger partial charge is 0.464 e. The van der Waals surface area contributed by atoms with E-state index < -0.39 is 16.6 Å². The molecule has 0 spiro atoms. The van der Waals surface area contributed by atoms with Gasteiger partial charge in [-0.1, -0.05) is 0 Å². The van der Waals surface area contributed by atoms with Crippen molar-refractivity contribution in [2.24, 2.45) is 0 Å². The molecule has 1 aliphatic rings. The third-order valence-electron chi connectivity index (χ3n) is 4.85.